The quantitative estimate of drug-likeness (QED) is 0.650. The van der Waals surface area contributed by atoms with Crippen molar-refractivity contribution in [3.8, 4) is 0 Å². The minimum atomic E-state index is -0.205. The monoisotopic (exact) mass is 369 g/mol. The van der Waals surface area contributed by atoms with Gasteiger partial charge in [0.1, 0.15) is 5.82 Å². The molecule has 1 aliphatic heterocycles. The average molecular weight is 369 g/mol. The van der Waals surface area contributed by atoms with E-state index in [1.54, 1.807) is 0 Å². The van der Waals surface area contributed by atoms with E-state index in [9.17, 15) is 4.39 Å². The van der Waals surface area contributed by atoms with Crippen molar-refractivity contribution in [3.63, 3.8) is 0 Å². The summed E-state index contributed by atoms with van der Waals surface area (Å²) in [5.41, 5.74) is 9.69. The van der Waals surface area contributed by atoms with Crippen molar-refractivity contribution < 1.29 is 4.39 Å². The molecule has 3 rings (SSSR count). The number of hydrogen-bond acceptors (Lipinski definition) is 3. The molecule has 0 aliphatic carbocycles. The van der Waals surface area contributed by atoms with Gasteiger partial charge in [-0.15, -0.1) is 0 Å². The number of piperazine rings is 1. The second-order valence-corrected chi connectivity index (χ2v) is 7.18. The van der Waals surface area contributed by atoms with Crippen molar-refractivity contribution >= 4 is 11.6 Å². The van der Waals surface area contributed by atoms with Gasteiger partial charge in [-0.3, -0.25) is 0 Å². The number of nitrogens with zero attached hydrogens (tertiary/aromatic N) is 4. The fourth-order valence-corrected chi connectivity index (χ4v) is 3.23. The van der Waals surface area contributed by atoms with Gasteiger partial charge in [0.15, 0.2) is 5.96 Å². The van der Waals surface area contributed by atoms with Crippen LogP contribution in [0, 0.1) is 5.82 Å². The first-order valence-corrected chi connectivity index (χ1v) is 9.29. The van der Waals surface area contributed by atoms with Gasteiger partial charge < -0.3 is 20.4 Å². The maximum absolute atomic E-state index is 13.1. The Hall–Kier alpha value is -2.60. The van der Waals surface area contributed by atoms with Crippen LogP contribution in [-0.4, -0.2) is 56.0 Å². The molecule has 144 valence electrons. The lowest BCUT2D eigenvalue weighted by molar-refractivity contribution is 0.380. The van der Waals surface area contributed by atoms with Crippen LogP contribution in [0.1, 0.15) is 11.1 Å². The summed E-state index contributed by atoms with van der Waals surface area (Å²) in [5, 5.41) is 0. The number of anilines is 1. The van der Waals surface area contributed by atoms with Gasteiger partial charge in [0, 0.05) is 38.4 Å². The molecule has 2 aromatic carbocycles. The number of rotatable bonds is 5. The molecule has 2 N–H and O–H groups in total. The van der Waals surface area contributed by atoms with Crippen LogP contribution in [0.15, 0.2) is 53.5 Å². The molecule has 1 fully saturated rings. The van der Waals surface area contributed by atoms with Crippen LogP contribution >= 0.6 is 0 Å². The van der Waals surface area contributed by atoms with Gasteiger partial charge in [0.25, 0.3) is 0 Å². The fraction of sp³-hybridized carbons (Fsp3) is 0.381. The number of hydrogen-bond donors (Lipinski definition) is 1. The highest BCUT2D eigenvalue weighted by atomic mass is 19.1. The molecule has 0 radical (unpaired) electrons. The molecule has 5 nitrogen and oxygen atoms in total. The van der Waals surface area contributed by atoms with Crippen LogP contribution in [0.4, 0.5) is 10.1 Å². The Morgan fingerprint density at radius 1 is 0.963 bits per heavy atom. The lowest BCUT2D eigenvalue weighted by Gasteiger charge is -2.36. The van der Waals surface area contributed by atoms with Crippen LogP contribution in [0.25, 0.3) is 0 Å². The molecule has 6 heteroatoms. The van der Waals surface area contributed by atoms with Gasteiger partial charge in [-0.25, -0.2) is 9.38 Å². The van der Waals surface area contributed by atoms with E-state index in [2.05, 4.69) is 58.1 Å². The Morgan fingerprint density at radius 3 is 2.15 bits per heavy atom. The van der Waals surface area contributed by atoms with Crippen molar-refractivity contribution in [2.24, 2.45) is 10.7 Å². The Kier molecular flexibility index (Phi) is 6.29. The highest BCUT2D eigenvalue weighted by molar-refractivity contribution is 5.78. The van der Waals surface area contributed by atoms with Crippen molar-refractivity contribution in [1.82, 2.24) is 9.80 Å². The SMILES string of the molecule is CN(C)Cc1ccc(CN=C(N)N2CCN(c3ccc(F)cc3)CC2)cc1. The van der Waals surface area contributed by atoms with Crippen LogP contribution in [0.2, 0.25) is 0 Å². The third-order valence-electron chi connectivity index (χ3n) is 4.74. The number of guanidine groups is 1. The largest absolute Gasteiger partial charge is 0.370 e. The Balaban J connectivity index is 1.51. The van der Waals surface area contributed by atoms with Crippen molar-refractivity contribution in [2.75, 3.05) is 45.2 Å². The van der Waals surface area contributed by atoms with Gasteiger partial charge in [0.2, 0.25) is 0 Å². The maximum atomic E-state index is 13.1. The van der Waals surface area contributed by atoms with Gasteiger partial charge in [-0.05, 0) is 49.5 Å². The first-order valence-electron chi connectivity index (χ1n) is 9.29. The Morgan fingerprint density at radius 2 is 1.56 bits per heavy atom. The predicted octanol–water partition coefficient (Wildman–Crippen LogP) is 2.52. The molecule has 0 unspecified atom stereocenters. The number of benzene rings is 2. The van der Waals surface area contributed by atoms with E-state index < -0.39 is 0 Å². The van der Waals surface area contributed by atoms with E-state index in [0.29, 0.717) is 12.5 Å². The molecule has 1 aliphatic rings. The molecular weight excluding hydrogens is 341 g/mol. The van der Waals surface area contributed by atoms with Gasteiger partial charge in [-0.1, -0.05) is 24.3 Å². The van der Waals surface area contributed by atoms with E-state index in [4.69, 9.17) is 5.73 Å². The molecule has 0 atom stereocenters. The summed E-state index contributed by atoms with van der Waals surface area (Å²) in [6.45, 7) is 4.85. The van der Waals surface area contributed by atoms with Crippen LogP contribution < -0.4 is 10.6 Å². The predicted molar refractivity (Wildman–Crippen MR) is 109 cm³/mol. The summed E-state index contributed by atoms with van der Waals surface area (Å²) in [5.74, 6) is 0.384. The van der Waals surface area contributed by atoms with Crippen LogP contribution in [0.5, 0.6) is 0 Å². The van der Waals surface area contributed by atoms with Crippen molar-refractivity contribution in [3.05, 3.63) is 65.5 Å². The standard InChI is InChI=1S/C21H28FN5/c1-25(2)16-18-5-3-17(4-6-18)15-24-21(23)27-13-11-26(12-14-27)20-9-7-19(22)8-10-20/h3-10H,11-16H2,1-2H3,(H2,23,24). The summed E-state index contributed by atoms with van der Waals surface area (Å²) in [6.07, 6.45) is 0. The normalized spacial score (nSPS) is 15.5. The van der Waals surface area contributed by atoms with Crippen LogP contribution in [-0.2, 0) is 13.1 Å². The molecule has 2 aromatic rings. The summed E-state index contributed by atoms with van der Waals surface area (Å²) >= 11 is 0. The van der Waals surface area contributed by atoms with E-state index in [0.717, 1.165) is 44.0 Å². The minimum absolute atomic E-state index is 0.205. The molecule has 0 amide bonds. The number of nitrogens with two attached hydrogens (primary N) is 1. The Bertz CT molecular complexity index is 747. The molecular formula is C21H28FN5. The summed E-state index contributed by atoms with van der Waals surface area (Å²) in [4.78, 5) is 11.1. The summed E-state index contributed by atoms with van der Waals surface area (Å²) < 4.78 is 13.1. The third-order valence-corrected chi connectivity index (χ3v) is 4.74. The smallest absolute Gasteiger partial charge is 0.191 e. The molecule has 1 saturated heterocycles. The zero-order valence-corrected chi connectivity index (χ0v) is 16.1. The molecule has 0 bridgehead atoms. The van der Waals surface area contributed by atoms with Crippen molar-refractivity contribution in [2.45, 2.75) is 13.1 Å². The number of halogens is 1. The van der Waals surface area contributed by atoms with Gasteiger partial charge in [0.05, 0.1) is 6.54 Å². The first-order chi connectivity index (χ1) is 13.0. The van der Waals surface area contributed by atoms with E-state index >= 15 is 0 Å². The fourth-order valence-electron chi connectivity index (χ4n) is 3.23. The lowest BCUT2D eigenvalue weighted by Crippen LogP contribution is -2.51. The summed E-state index contributed by atoms with van der Waals surface area (Å²) in [7, 11) is 4.13. The van der Waals surface area contributed by atoms with E-state index in [-0.39, 0.29) is 5.82 Å². The first kappa shape index (κ1) is 19.2. The topological polar surface area (TPSA) is 48.1 Å². The highest BCUT2D eigenvalue weighted by Crippen LogP contribution is 2.17. The molecule has 0 aromatic heterocycles. The average Bonchev–Trinajstić information content (AvgIpc) is 2.67. The molecule has 0 spiro atoms. The Labute approximate surface area is 160 Å². The maximum Gasteiger partial charge on any atom is 0.191 e. The molecule has 0 saturated carbocycles. The third kappa shape index (κ3) is 5.44. The lowest BCUT2D eigenvalue weighted by atomic mass is 10.1. The van der Waals surface area contributed by atoms with E-state index in [1.807, 2.05) is 12.1 Å². The zero-order valence-electron chi connectivity index (χ0n) is 16.1. The zero-order chi connectivity index (χ0) is 19.2. The highest BCUT2D eigenvalue weighted by Gasteiger charge is 2.18. The molecule has 1 heterocycles. The number of aliphatic imine (C=N–C) groups is 1. The molecule has 27 heavy (non-hydrogen) atoms. The second kappa shape index (κ2) is 8.86. The minimum Gasteiger partial charge on any atom is -0.370 e. The second-order valence-electron chi connectivity index (χ2n) is 7.18. The van der Waals surface area contributed by atoms with Gasteiger partial charge >= 0.3 is 0 Å². The van der Waals surface area contributed by atoms with Crippen LogP contribution in [0.3, 0.4) is 0 Å². The van der Waals surface area contributed by atoms with Gasteiger partial charge in [-0.2, -0.15) is 0 Å². The van der Waals surface area contributed by atoms with Crippen molar-refractivity contribution in [1.29, 1.82) is 0 Å². The van der Waals surface area contributed by atoms with E-state index in [1.165, 1.54) is 17.7 Å². The summed E-state index contributed by atoms with van der Waals surface area (Å²) in [6, 6.07) is 15.2.